The molecule has 0 aliphatic heterocycles. The van der Waals surface area contributed by atoms with Crippen molar-refractivity contribution in [2.45, 2.75) is 6.92 Å². The third kappa shape index (κ3) is 3.78. The molecule has 0 radical (unpaired) electrons. The van der Waals surface area contributed by atoms with Gasteiger partial charge in [-0.1, -0.05) is 48.5 Å². The van der Waals surface area contributed by atoms with Crippen LogP contribution in [0.4, 0.5) is 0 Å². The van der Waals surface area contributed by atoms with E-state index >= 15 is 0 Å². The predicted octanol–water partition coefficient (Wildman–Crippen LogP) is 4.87. The molecule has 130 valence electrons. The molecule has 0 amide bonds. The molecule has 0 N–H and O–H groups in total. The minimum atomic E-state index is -0.467. The maximum Gasteiger partial charge on any atom is 0.330 e. The molecule has 0 unspecified atom stereocenters. The molecular formula is C21H17NO3S. The summed E-state index contributed by atoms with van der Waals surface area (Å²) in [5, 5.41) is 2.74. The van der Waals surface area contributed by atoms with Crippen molar-refractivity contribution in [3.05, 3.63) is 71.1 Å². The fourth-order valence-electron chi connectivity index (χ4n) is 2.65. The summed E-state index contributed by atoms with van der Waals surface area (Å²) in [7, 11) is 1.32. The van der Waals surface area contributed by atoms with Crippen LogP contribution in [0.1, 0.15) is 22.8 Å². The van der Waals surface area contributed by atoms with Crippen LogP contribution in [-0.4, -0.2) is 23.8 Å². The first-order chi connectivity index (χ1) is 12.6. The van der Waals surface area contributed by atoms with E-state index in [9.17, 15) is 9.59 Å². The van der Waals surface area contributed by atoms with Crippen molar-refractivity contribution in [2.75, 3.05) is 7.11 Å². The molecule has 0 bridgehead atoms. The summed E-state index contributed by atoms with van der Waals surface area (Å²) in [6.07, 6.45) is 2.90. The lowest BCUT2D eigenvalue weighted by Gasteiger charge is -2.08. The molecule has 0 aliphatic rings. The van der Waals surface area contributed by atoms with Crippen LogP contribution >= 0.6 is 11.3 Å². The zero-order chi connectivity index (χ0) is 18.5. The second kappa shape index (κ2) is 7.89. The number of benzene rings is 2. The Bertz CT molecular complexity index is 974. The van der Waals surface area contributed by atoms with E-state index in [2.05, 4.69) is 4.74 Å². The number of Topliss-reactive ketones (excluding diaryl/α,β-unsaturated/α-hetero) is 1. The molecule has 1 aromatic heterocycles. The summed E-state index contributed by atoms with van der Waals surface area (Å²) in [5.74, 6) is -0.549. The molecule has 0 spiro atoms. The lowest BCUT2D eigenvalue weighted by Crippen LogP contribution is -2.00. The standard InChI is InChI=1S/C21H17NO3S/c1-14(23)20-16(11-12-19(24)25-2)9-6-10-17(20)21-22-18(13-26-21)15-7-4-3-5-8-15/h3-13H,1-2H3. The van der Waals surface area contributed by atoms with Crippen LogP contribution in [-0.2, 0) is 9.53 Å². The highest BCUT2D eigenvalue weighted by Crippen LogP contribution is 2.33. The summed E-state index contributed by atoms with van der Waals surface area (Å²) in [6.45, 7) is 1.51. The van der Waals surface area contributed by atoms with Gasteiger partial charge in [0.05, 0.1) is 12.8 Å². The molecule has 0 fully saturated rings. The number of hydrogen-bond acceptors (Lipinski definition) is 5. The van der Waals surface area contributed by atoms with Gasteiger partial charge in [0.2, 0.25) is 0 Å². The van der Waals surface area contributed by atoms with E-state index < -0.39 is 5.97 Å². The van der Waals surface area contributed by atoms with Gasteiger partial charge < -0.3 is 4.74 Å². The summed E-state index contributed by atoms with van der Waals surface area (Å²) in [4.78, 5) is 28.4. The van der Waals surface area contributed by atoms with Gasteiger partial charge in [-0.15, -0.1) is 11.3 Å². The van der Waals surface area contributed by atoms with Crippen molar-refractivity contribution in [3.63, 3.8) is 0 Å². The van der Waals surface area contributed by atoms with Crippen molar-refractivity contribution in [2.24, 2.45) is 0 Å². The molecular weight excluding hydrogens is 346 g/mol. The van der Waals surface area contributed by atoms with Gasteiger partial charge in [0, 0.05) is 28.1 Å². The lowest BCUT2D eigenvalue weighted by molar-refractivity contribution is -0.134. The van der Waals surface area contributed by atoms with Gasteiger partial charge in [-0.2, -0.15) is 0 Å². The van der Waals surface area contributed by atoms with E-state index in [4.69, 9.17) is 4.98 Å². The Morgan fingerprint density at radius 3 is 2.54 bits per heavy atom. The van der Waals surface area contributed by atoms with Crippen LogP contribution in [0, 0.1) is 0 Å². The van der Waals surface area contributed by atoms with Crippen molar-refractivity contribution in [1.29, 1.82) is 0 Å². The number of ether oxygens (including phenoxy) is 1. The minimum absolute atomic E-state index is 0.0819. The molecule has 4 nitrogen and oxygen atoms in total. The van der Waals surface area contributed by atoms with Crippen LogP contribution in [0.25, 0.3) is 27.9 Å². The van der Waals surface area contributed by atoms with Gasteiger partial charge in [-0.25, -0.2) is 9.78 Å². The van der Waals surface area contributed by atoms with Crippen molar-refractivity contribution >= 4 is 29.2 Å². The van der Waals surface area contributed by atoms with Crippen LogP contribution in [0.3, 0.4) is 0 Å². The third-order valence-corrected chi connectivity index (χ3v) is 4.73. The number of ketones is 1. The number of methoxy groups -OCH3 is 1. The summed E-state index contributed by atoms with van der Waals surface area (Å²) < 4.78 is 4.62. The van der Waals surface area contributed by atoms with Gasteiger partial charge in [-0.3, -0.25) is 4.79 Å². The first kappa shape index (κ1) is 17.8. The smallest absolute Gasteiger partial charge is 0.330 e. The molecule has 0 saturated carbocycles. The normalized spacial score (nSPS) is 10.8. The van der Waals surface area contributed by atoms with Gasteiger partial charge >= 0.3 is 5.97 Å². The average Bonchev–Trinajstić information content (AvgIpc) is 3.16. The Morgan fingerprint density at radius 1 is 1.08 bits per heavy atom. The number of nitrogens with zero attached hydrogens (tertiary/aromatic N) is 1. The Labute approximate surface area is 155 Å². The molecule has 2 aromatic carbocycles. The highest BCUT2D eigenvalue weighted by molar-refractivity contribution is 7.13. The van der Waals surface area contributed by atoms with Crippen molar-refractivity contribution < 1.29 is 14.3 Å². The first-order valence-electron chi connectivity index (χ1n) is 8.01. The van der Waals surface area contributed by atoms with Crippen molar-refractivity contribution in [3.8, 4) is 21.8 Å². The Balaban J connectivity index is 2.05. The van der Waals surface area contributed by atoms with Crippen LogP contribution in [0.15, 0.2) is 60.0 Å². The molecule has 26 heavy (non-hydrogen) atoms. The van der Waals surface area contributed by atoms with E-state index in [0.717, 1.165) is 21.8 Å². The van der Waals surface area contributed by atoms with Gasteiger partial charge in [-0.05, 0) is 18.6 Å². The second-order valence-electron chi connectivity index (χ2n) is 5.59. The van der Waals surface area contributed by atoms with E-state index in [-0.39, 0.29) is 5.78 Å². The second-order valence-corrected chi connectivity index (χ2v) is 6.44. The molecule has 0 aliphatic carbocycles. The first-order valence-corrected chi connectivity index (χ1v) is 8.89. The van der Waals surface area contributed by atoms with Gasteiger partial charge in [0.25, 0.3) is 0 Å². The van der Waals surface area contributed by atoms with E-state index in [1.54, 1.807) is 12.1 Å². The highest BCUT2D eigenvalue weighted by Gasteiger charge is 2.16. The highest BCUT2D eigenvalue weighted by atomic mass is 32.1. The SMILES string of the molecule is COC(=O)C=Cc1cccc(-c2nc(-c3ccccc3)cs2)c1C(C)=O. The van der Waals surface area contributed by atoms with Crippen molar-refractivity contribution in [1.82, 2.24) is 4.98 Å². The predicted molar refractivity (Wildman–Crippen MR) is 104 cm³/mol. The van der Waals surface area contributed by atoms with Gasteiger partial charge in [0.1, 0.15) is 5.01 Å². The summed E-state index contributed by atoms with van der Waals surface area (Å²) >= 11 is 1.49. The zero-order valence-electron chi connectivity index (χ0n) is 14.4. The maximum absolute atomic E-state index is 12.3. The topological polar surface area (TPSA) is 56.3 Å². The zero-order valence-corrected chi connectivity index (χ0v) is 15.2. The van der Waals surface area contributed by atoms with E-state index in [1.165, 1.54) is 31.4 Å². The molecule has 3 aromatic rings. The third-order valence-electron chi connectivity index (χ3n) is 3.85. The number of carbonyl (C=O) groups is 2. The van der Waals surface area contributed by atoms with Crippen LogP contribution in [0.5, 0.6) is 0 Å². The number of thiazole rings is 1. The molecule has 3 rings (SSSR count). The summed E-state index contributed by atoms with van der Waals surface area (Å²) in [5.41, 5.74) is 3.87. The monoisotopic (exact) mass is 363 g/mol. The Morgan fingerprint density at radius 2 is 1.85 bits per heavy atom. The molecule has 0 saturated heterocycles. The molecule has 5 heteroatoms. The molecule has 0 atom stereocenters. The largest absolute Gasteiger partial charge is 0.466 e. The van der Waals surface area contributed by atoms with Crippen LogP contribution < -0.4 is 0 Å². The number of hydrogen-bond donors (Lipinski definition) is 0. The number of aromatic nitrogens is 1. The minimum Gasteiger partial charge on any atom is -0.466 e. The van der Waals surface area contributed by atoms with E-state index in [1.807, 2.05) is 47.8 Å². The van der Waals surface area contributed by atoms with E-state index in [0.29, 0.717) is 11.1 Å². The number of rotatable bonds is 5. The summed E-state index contributed by atoms with van der Waals surface area (Å²) in [6, 6.07) is 15.4. The Hall–Kier alpha value is -3.05. The number of carbonyl (C=O) groups excluding carboxylic acids is 2. The quantitative estimate of drug-likeness (QED) is 0.369. The van der Waals surface area contributed by atoms with Crippen LogP contribution in [0.2, 0.25) is 0 Å². The maximum atomic E-state index is 12.3. The number of esters is 1. The Kier molecular flexibility index (Phi) is 5.39. The van der Waals surface area contributed by atoms with Gasteiger partial charge in [0.15, 0.2) is 5.78 Å². The fourth-order valence-corrected chi connectivity index (χ4v) is 3.51. The molecule has 1 heterocycles. The average molecular weight is 363 g/mol. The lowest BCUT2D eigenvalue weighted by atomic mass is 9.97. The fraction of sp³-hybridized carbons (Fsp3) is 0.0952.